The summed E-state index contributed by atoms with van der Waals surface area (Å²) >= 11 is 0. The van der Waals surface area contributed by atoms with Gasteiger partial charge in [-0.3, -0.25) is 4.90 Å². The molecule has 0 spiro atoms. The summed E-state index contributed by atoms with van der Waals surface area (Å²) in [5.74, 6) is 0.690. The number of rotatable bonds is 8. The molecule has 6 heteroatoms. The van der Waals surface area contributed by atoms with E-state index < -0.39 is 10.0 Å². The van der Waals surface area contributed by atoms with Crippen LogP contribution in [0.2, 0.25) is 0 Å². The van der Waals surface area contributed by atoms with Crippen LogP contribution in [0.1, 0.15) is 31.7 Å². The van der Waals surface area contributed by atoms with Gasteiger partial charge < -0.3 is 4.74 Å². The molecule has 2 rings (SSSR count). The molecular weight excluding hydrogens is 312 g/mol. The fraction of sp³-hybridized carbons (Fsp3) is 0.647. The summed E-state index contributed by atoms with van der Waals surface area (Å²) in [6.45, 7) is 6.84. The van der Waals surface area contributed by atoms with E-state index in [-0.39, 0.29) is 12.4 Å². The minimum atomic E-state index is -3.29. The first-order valence-corrected chi connectivity index (χ1v) is 10.1. The molecule has 1 N–H and O–H groups in total. The van der Waals surface area contributed by atoms with Gasteiger partial charge in [-0.1, -0.05) is 31.0 Å². The van der Waals surface area contributed by atoms with Crippen molar-refractivity contribution in [1.82, 2.24) is 9.62 Å². The minimum Gasteiger partial charge on any atom is -0.492 e. The van der Waals surface area contributed by atoms with Gasteiger partial charge in [-0.25, -0.2) is 13.1 Å². The van der Waals surface area contributed by atoms with Crippen LogP contribution in [0.5, 0.6) is 5.75 Å². The van der Waals surface area contributed by atoms with Gasteiger partial charge >= 0.3 is 0 Å². The monoisotopic (exact) mass is 340 g/mol. The first-order chi connectivity index (χ1) is 11.0. The summed E-state index contributed by atoms with van der Waals surface area (Å²) in [5.41, 5.74) is 1.15. The van der Waals surface area contributed by atoms with Crippen LogP contribution in [0.15, 0.2) is 24.3 Å². The zero-order valence-corrected chi connectivity index (χ0v) is 14.9. The minimum absolute atomic E-state index is 0.0142. The number of likely N-dealkylation sites (tertiary alicyclic amines) is 1. The molecule has 0 radical (unpaired) electrons. The number of benzene rings is 1. The summed E-state index contributed by atoms with van der Waals surface area (Å²) in [7, 11) is -3.29. The highest BCUT2D eigenvalue weighted by Crippen LogP contribution is 2.16. The Bertz CT molecular complexity index is 572. The maximum absolute atomic E-state index is 12.1. The molecule has 0 aromatic heterocycles. The molecule has 0 aliphatic carbocycles. The molecular formula is C17H28N2O3S. The molecule has 1 saturated heterocycles. The fourth-order valence-corrected chi connectivity index (χ4v) is 3.80. The van der Waals surface area contributed by atoms with E-state index in [4.69, 9.17) is 4.74 Å². The SMILES string of the molecule is CCN1CCCC[C@@H]1CNS(=O)(=O)CCOc1ccc(C)cc1. The summed E-state index contributed by atoms with van der Waals surface area (Å²) in [6.07, 6.45) is 3.46. The van der Waals surface area contributed by atoms with Crippen molar-refractivity contribution in [3.8, 4) is 5.75 Å². The summed E-state index contributed by atoms with van der Waals surface area (Å²) in [4.78, 5) is 2.36. The Morgan fingerprint density at radius 3 is 2.70 bits per heavy atom. The van der Waals surface area contributed by atoms with Crippen LogP contribution in [0, 0.1) is 6.92 Å². The summed E-state index contributed by atoms with van der Waals surface area (Å²) < 4.78 is 32.4. The third kappa shape index (κ3) is 6.12. The highest BCUT2D eigenvalue weighted by atomic mass is 32.2. The second-order valence-electron chi connectivity index (χ2n) is 6.11. The van der Waals surface area contributed by atoms with Gasteiger partial charge in [-0.15, -0.1) is 0 Å². The van der Waals surface area contributed by atoms with E-state index in [1.807, 2.05) is 31.2 Å². The first-order valence-electron chi connectivity index (χ1n) is 8.41. The van der Waals surface area contributed by atoms with Crippen LogP contribution in [0.4, 0.5) is 0 Å². The number of likely N-dealkylation sites (N-methyl/N-ethyl adjacent to an activating group) is 1. The zero-order valence-electron chi connectivity index (χ0n) is 14.1. The molecule has 130 valence electrons. The van der Waals surface area contributed by atoms with E-state index in [1.54, 1.807) is 0 Å². The molecule has 23 heavy (non-hydrogen) atoms. The van der Waals surface area contributed by atoms with Crippen molar-refractivity contribution in [2.45, 2.75) is 39.2 Å². The van der Waals surface area contributed by atoms with Gasteiger partial charge in [-0.2, -0.15) is 0 Å². The number of sulfonamides is 1. The van der Waals surface area contributed by atoms with Gasteiger partial charge in [0.15, 0.2) is 0 Å². The topological polar surface area (TPSA) is 58.6 Å². The van der Waals surface area contributed by atoms with E-state index in [2.05, 4.69) is 16.5 Å². The second kappa shape index (κ2) is 8.66. The van der Waals surface area contributed by atoms with Crippen molar-refractivity contribution < 1.29 is 13.2 Å². The predicted molar refractivity (Wildman–Crippen MR) is 93.3 cm³/mol. The smallest absolute Gasteiger partial charge is 0.215 e. The number of nitrogens with zero attached hydrogens (tertiary/aromatic N) is 1. The summed E-state index contributed by atoms with van der Waals surface area (Å²) in [5, 5.41) is 0. The number of aryl methyl sites for hydroxylation is 1. The molecule has 1 aliphatic heterocycles. The van der Waals surface area contributed by atoms with E-state index >= 15 is 0 Å². The van der Waals surface area contributed by atoms with Crippen molar-refractivity contribution in [3.05, 3.63) is 29.8 Å². The molecule has 0 amide bonds. The Morgan fingerprint density at radius 2 is 2.00 bits per heavy atom. The van der Waals surface area contributed by atoms with E-state index in [1.165, 1.54) is 12.8 Å². The van der Waals surface area contributed by atoms with Gasteiger partial charge in [0.25, 0.3) is 0 Å². The van der Waals surface area contributed by atoms with Crippen LogP contribution in [0.25, 0.3) is 0 Å². The second-order valence-corrected chi connectivity index (χ2v) is 8.03. The maximum atomic E-state index is 12.1. The van der Waals surface area contributed by atoms with Crippen LogP contribution in [-0.4, -0.2) is 51.4 Å². The van der Waals surface area contributed by atoms with Gasteiger partial charge in [0.05, 0.1) is 5.75 Å². The quantitative estimate of drug-likeness (QED) is 0.788. The first kappa shape index (κ1) is 18.2. The normalized spacial score (nSPS) is 19.7. The van der Waals surface area contributed by atoms with Crippen LogP contribution in [-0.2, 0) is 10.0 Å². The number of ether oxygens (including phenoxy) is 1. The average molecular weight is 340 g/mol. The lowest BCUT2D eigenvalue weighted by Gasteiger charge is -2.34. The molecule has 1 heterocycles. The lowest BCUT2D eigenvalue weighted by atomic mass is 10.0. The van der Waals surface area contributed by atoms with E-state index in [0.717, 1.165) is 25.1 Å². The Balaban J connectivity index is 1.74. The van der Waals surface area contributed by atoms with E-state index in [0.29, 0.717) is 18.3 Å². The third-order valence-electron chi connectivity index (χ3n) is 4.34. The molecule has 0 bridgehead atoms. The van der Waals surface area contributed by atoms with Crippen molar-refractivity contribution in [2.24, 2.45) is 0 Å². The molecule has 1 aromatic rings. The number of piperidine rings is 1. The zero-order chi connectivity index (χ0) is 16.7. The highest BCUT2D eigenvalue weighted by Gasteiger charge is 2.22. The Hall–Kier alpha value is -1.11. The summed E-state index contributed by atoms with van der Waals surface area (Å²) in [6, 6.07) is 7.93. The van der Waals surface area contributed by atoms with Gasteiger partial charge in [0, 0.05) is 12.6 Å². The largest absolute Gasteiger partial charge is 0.492 e. The van der Waals surface area contributed by atoms with Crippen LogP contribution < -0.4 is 9.46 Å². The lowest BCUT2D eigenvalue weighted by Crippen LogP contribution is -2.47. The van der Waals surface area contributed by atoms with Crippen LogP contribution >= 0.6 is 0 Å². The maximum Gasteiger partial charge on any atom is 0.215 e. The van der Waals surface area contributed by atoms with Crippen LogP contribution in [0.3, 0.4) is 0 Å². The molecule has 1 atom stereocenters. The molecule has 1 fully saturated rings. The molecule has 1 aliphatic rings. The van der Waals surface area contributed by atoms with Gasteiger partial charge in [0.2, 0.25) is 10.0 Å². The fourth-order valence-electron chi connectivity index (χ4n) is 2.91. The average Bonchev–Trinajstić information content (AvgIpc) is 2.55. The molecule has 0 saturated carbocycles. The molecule has 1 aromatic carbocycles. The lowest BCUT2D eigenvalue weighted by molar-refractivity contribution is 0.158. The van der Waals surface area contributed by atoms with Gasteiger partial charge in [0.1, 0.15) is 12.4 Å². The van der Waals surface area contributed by atoms with Crippen molar-refractivity contribution in [1.29, 1.82) is 0 Å². The number of hydrogen-bond donors (Lipinski definition) is 1. The van der Waals surface area contributed by atoms with Crippen molar-refractivity contribution in [2.75, 3.05) is 32.0 Å². The Kier molecular flexibility index (Phi) is 6.87. The molecule has 5 nitrogen and oxygen atoms in total. The van der Waals surface area contributed by atoms with E-state index in [9.17, 15) is 8.42 Å². The number of nitrogens with one attached hydrogen (secondary N) is 1. The third-order valence-corrected chi connectivity index (χ3v) is 5.65. The van der Waals surface area contributed by atoms with Crippen molar-refractivity contribution in [3.63, 3.8) is 0 Å². The standard InChI is InChI=1S/C17H28N2O3S/c1-3-19-11-5-4-6-16(19)14-18-23(20,21)13-12-22-17-9-7-15(2)8-10-17/h7-10,16,18H,3-6,11-14H2,1-2H3/t16-/m1/s1. The predicted octanol–water partition coefficient (Wildman–Crippen LogP) is 2.17. The Labute approximate surface area is 140 Å². The molecule has 0 unspecified atom stereocenters. The number of hydrogen-bond acceptors (Lipinski definition) is 4. The Morgan fingerprint density at radius 1 is 1.26 bits per heavy atom. The highest BCUT2D eigenvalue weighted by molar-refractivity contribution is 7.89. The van der Waals surface area contributed by atoms with Crippen molar-refractivity contribution >= 4 is 10.0 Å². The van der Waals surface area contributed by atoms with Gasteiger partial charge in [-0.05, 0) is 45.0 Å².